The minimum atomic E-state index is -1.12. The average Bonchev–Trinajstić information content (AvgIpc) is 2.20. The summed E-state index contributed by atoms with van der Waals surface area (Å²) in [5.41, 5.74) is 5.37. The molecule has 1 aromatic rings. The molecule has 0 aromatic heterocycles. The van der Waals surface area contributed by atoms with Gasteiger partial charge in [0.05, 0.1) is 5.56 Å². The smallest absolute Gasteiger partial charge is 0.337 e. The van der Waals surface area contributed by atoms with Crippen LogP contribution >= 0.6 is 11.6 Å². The third kappa shape index (κ3) is 2.87. The Bertz CT molecular complexity index is 434. The molecular weight excluding hydrogens is 232 g/mol. The number of primary amides is 1. The predicted molar refractivity (Wildman–Crippen MR) is 60.7 cm³/mol. The second-order valence-corrected chi connectivity index (χ2v) is 3.70. The van der Waals surface area contributed by atoms with E-state index in [4.69, 9.17) is 22.4 Å². The number of hydrogen-bond acceptors (Lipinski definition) is 3. The van der Waals surface area contributed by atoms with E-state index in [-0.39, 0.29) is 5.56 Å². The lowest BCUT2D eigenvalue weighted by atomic mass is 10.1. The maximum atomic E-state index is 10.9. The zero-order valence-electron chi connectivity index (χ0n) is 8.53. The Morgan fingerprint density at radius 2 is 2.12 bits per heavy atom. The fourth-order valence-electron chi connectivity index (χ4n) is 1.12. The van der Waals surface area contributed by atoms with Crippen LogP contribution in [0.25, 0.3) is 0 Å². The number of carboxylic acid groups (broad SMARTS) is 1. The Balaban J connectivity index is 3.04. The van der Waals surface area contributed by atoms with E-state index in [1.807, 2.05) is 0 Å². The molecule has 0 radical (unpaired) electrons. The Morgan fingerprint density at radius 1 is 1.50 bits per heavy atom. The molecule has 1 rings (SSSR count). The lowest BCUT2D eigenvalue weighted by Crippen LogP contribution is -2.33. The van der Waals surface area contributed by atoms with Gasteiger partial charge in [-0.25, -0.2) is 4.79 Å². The van der Waals surface area contributed by atoms with Crippen molar-refractivity contribution in [3.05, 3.63) is 28.8 Å². The summed E-state index contributed by atoms with van der Waals surface area (Å²) < 4.78 is 0. The molecule has 0 aliphatic rings. The molecule has 5 nitrogen and oxygen atoms in total. The molecule has 1 atom stereocenters. The monoisotopic (exact) mass is 242 g/mol. The number of nitrogens with one attached hydrogen (secondary N) is 1. The molecule has 86 valence electrons. The lowest BCUT2D eigenvalue weighted by molar-refractivity contribution is -0.118. The Kier molecular flexibility index (Phi) is 3.73. The summed E-state index contributed by atoms with van der Waals surface area (Å²) in [5.74, 6) is -1.69. The van der Waals surface area contributed by atoms with Crippen molar-refractivity contribution in [2.45, 2.75) is 13.0 Å². The molecule has 6 heteroatoms. The van der Waals surface area contributed by atoms with Gasteiger partial charge >= 0.3 is 5.97 Å². The van der Waals surface area contributed by atoms with Gasteiger partial charge in [0.15, 0.2) is 0 Å². The molecule has 0 heterocycles. The molecular formula is C10H11ClN2O3. The van der Waals surface area contributed by atoms with Crippen molar-refractivity contribution < 1.29 is 14.7 Å². The van der Waals surface area contributed by atoms with Crippen molar-refractivity contribution in [3.8, 4) is 0 Å². The number of rotatable bonds is 4. The van der Waals surface area contributed by atoms with Gasteiger partial charge in [-0.2, -0.15) is 0 Å². The third-order valence-corrected chi connectivity index (χ3v) is 2.25. The molecule has 1 aromatic carbocycles. The molecule has 0 fully saturated rings. The molecule has 1 amide bonds. The highest BCUT2D eigenvalue weighted by molar-refractivity contribution is 6.31. The highest BCUT2D eigenvalue weighted by Crippen LogP contribution is 2.21. The van der Waals surface area contributed by atoms with Gasteiger partial charge < -0.3 is 16.2 Å². The Hall–Kier alpha value is -1.75. The highest BCUT2D eigenvalue weighted by Gasteiger charge is 2.14. The zero-order valence-corrected chi connectivity index (χ0v) is 9.28. The van der Waals surface area contributed by atoms with Crippen LogP contribution in [0.4, 0.5) is 5.69 Å². The number of anilines is 1. The molecule has 0 spiro atoms. The number of halogens is 1. The second kappa shape index (κ2) is 4.85. The number of aromatic carboxylic acids is 1. The van der Waals surface area contributed by atoms with Crippen LogP contribution in [0.1, 0.15) is 17.3 Å². The first-order valence-corrected chi connectivity index (χ1v) is 4.88. The van der Waals surface area contributed by atoms with Crippen molar-refractivity contribution >= 4 is 29.2 Å². The largest absolute Gasteiger partial charge is 0.478 e. The predicted octanol–water partition coefficient (Wildman–Crippen LogP) is 1.32. The van der Waals surface area contributed by atoms with E-state index in [2.05, 4.69) is 5.32 Å². The second-order valence-electron chi connectivity index (χ2n) is 3.26. The minimum absolute atomic E-state index is 0.000556. The average molecular weight is 243 g/mol. The third-order valence-electron chi connectivity index (χ3n) is 2.01. The zero-order chi connectivity index (χ0) is 12.3. The van der Waals surface area contributed by atoms with Crippen LogP contribution in [-0.2, 0) is 4.79 Å². The first kappa shape index (κ1) is 12.3. The van der Waals surface area contributed by atoms with Gasteiger partial charge in [0.2, 0.25) is 5.91 Å². The maximum absolute atomic E-state index is 10.9. The summed E-state index contributed by atoms with van der Waals surface area (Å²) in [6.45, 7) is 1.54. The van der Waals surface area contributed by atoms with Crippen LogP contribution in [0.15, 0.2) is 18.2 Å². The van der Waals surface area contributed by atoms with Gasteiger partial charge in [-0.1, -0.05) is 11.6 Å². The number of hydrogen-bond donors (Lipinski definition) is 3. The molecule has 1 unspecified atom stereocenters. The fourth-order valence-corrected chi connectivity index (χ4v) is 1.30. The van der Waals surface area contributed by atoms with E-state index in [0.717, 1.165) is 0 Å². The van der Waals surface area contributed by atoms with E-state index < -0.39 is 17.9 Å². The summed E-state index contributed by atoms with van der Waals surface area (Å²) in [6.07, 6.45) is 0. The van der Waals surface area contributed by atoms with Crippen LogP contribution in [0.2, 0.25) is 5.02 Å². The summed E-state index contributed by atoms with van der Waals surface area (Å²) in [6, 6.07) is 3.68. The van der Waals surface area contributed by atoms with Crippen LogP contribution in [-0.4, -0.2) is 23.0 Å². The van der Waals surface area contributed by atoms with Gasteiger partial charge in [-0.15, -0.1) is 0 Å². The van der Waals surface area contributed by atoms with Crippen LogP contribution < -0.4 is 11.1 Å². The van der Waals surface area contributed by atoms with Crippen LogP contribution in [0, 0.1) is 0 Å². The summed E-state index contributed by atoms with van der Waals surface area (Å²) in [4.78, 5) is 21.7. The van der Waals surface area contributed by atoms with Crippen molar-refractivity contribution in [1.29, 1.82) is 0 Å². The van der Waals surface area contributed by atoms with Gasteiger partial charge in [0.1, 0.15) is 6.04 Å². The van der Waals surface area contributed by atoms with E-state index in [9.17, 15) is 9.59 Å². The molecule has 16 heavy (non-hydrogen) atoms. The van der Waals surface area contributed by atoms with Crippen molar-refractivity contribution in [1.82, 2.24) is 0 Å². The SMILES string of the molecule is CC(Nc1ccc(Cl)cc1C(=O)O)C(N)=O. The first-order valence-electron chi connectivity index (χ1n) is 4.50. The van der Waals surface area contributed by atoms with Crippen molar-refractivity contribution in [2.75, 3.05) is 5.32 Å². The summed E-state index contributed by atoms with van der Waals surface area (Å²) >= 11 is 5.68. The lowest BCUT2D eigenvalue weighted by Gasteiger charge is -2.13. The minimum Gasteiger partial charge on any atom is -0.478 e. The fraction of sp³-hybridized carbons (Fsp3) is 0.200. The molecule has 0 aliphatic heterocycles. The van der Waals surface area contributed by atoms with Crippen molar-refractivity contribution in [2.24, 2.45) is 5.73 Å². The number of carbonyl (C=O) groups is 2. The van der Waals surface area contributed by atoms with Gasteiger partial charge in [0.25, 0.3) is 0 Å². The van der Waals surface area contributed by atoms with Crippen molar-refractivity contribution in [3.63, 3.8) is 0 Å². The molecule has 4 N–H and O–H groups in total. The molecule has 0 saturated heterocycles. The Labute approximate surface area is 97.2 Å². The van der Waals surface area contributed by atoms with E-state index in [0.29, 0.717) is 10.7 Å². The number of nitrogens with two attached hydrogens (primary N) is 1. The summed E-state index contributed by atoms with van der Waals surface area (Å²) in [7, 11) is 0. The van der Waals surface area contributed by atoms with E-state index in [1.54, 1.807) is 6.92 Å². The number of benzene rings is 1. The standard InChI is InChI=1S/C10H11ClN2O3/c1-5(9(12)14)13-8-3-2-6(11)4-7(8)10(15)16/h2-5,13H,1H3,(H2,12,14)(H,15,16). The topological polar surface area (TPSA) is 92.4 Å². The first-order chi connectivity index (χ1) is 7.41. The molecule has 0 saturated carbocycles. The van der Waals surface area contributed by atoms with Gasteiger partial charge in [-0.3, -0.25) is 4.79 Å². The number of carbonyl (C=O) groups excluding carboxylic acids is 1. The van der Waals surface area contributed by atoms with E-state index >= 15 is 0 Å². The number of carboxylic acids is 1. The quantitative estimate of drug-likeness (QED) is 0.743. The molecule has 0 aliphatic carbocycles. The summed E-state index contributed by atoms with van der Waals surface area (Å²) in [5, 5.41) is 11.9. The van der Waals surface area contributed by atoms with E-state index in [1.165, 1.54) is 18.2 Å². The normalized spacial score (nSPS) is 11.9. The maximum Gasteiger partial charge on any atom is 0.337 e. The highest BCUT2D eigenvalue weighted by atomic mass is 35.5. The Morgan fingerprint density at radius 3 is 2.62 bits per heavy atom. The van der Waals surface area contributed by atoms with Crippen LogP contribution in [0.3, 0.4) is 0 Å². The molecule has 0 bridgehead atoms. The number of amides is 1. The van der Waals surface area contributed by atoms with Crippen LogP contribution in [0.5, 0.6) is 0 Å². The van der Waals surface area contributed by atoms with Gasteiger partial charge in [0, 0.05) is 10.7 Å². The van der Waals surface area contributed by atoms with Gasteiger partial charge in [-0.05, 0) is 25.1 Å².